The van der Waals surface area contributed by atoms with Gasteiger partial charge in [-0.3, -0.25) is 9.59 Å². The van der Waals surface area contributed by atoms with Crippen LogP contribution in [0.25, 0.3) is 0 Å². The summed E-state index contributed by atoms with van der Waals surface area (Å²) in [6, 6.07) is -0.768. The molecule has 0 radical (unpaired) electrons. The summed E-state index contributed by atoms with van der Waals surface area (Å²) in [6.45, 7) is 10.9. The van der Waals surface area contributed by atoms with Gasteiger partial charge in [-0.2, -0.15) is 0 Å². The first-order valence-corrected chi connectivity index (χ1v) is 12.1. The first-order valence-electron chi connectivity index (χ1n) is 12.1. The number of piperidine rings is 1. The lowest BCUT2D eigenvalue weighted by Crippen LogP contribution is -2.51. The zero-order valence-corrected chi connectivity index (χ0v) is 21.5. The van der Waals surface area contributed by atoms with Crippen molar-refractivity contribution in [1.82, 2.24) is 21.0 Å². The van der Waals surface area contributed by atoms with Gasteiger partial charge in [-0.05, 0) is 52.4 Å². The average Bonchev–Trinajstić information content (AvgIpc) is 2.77. The minimum Gasteiger partial charge on any atom is -0.444 e. The van der Waals surface area contributed by atoms with E-state index in [-0.39, 0.29) is 30.2 Å². The number of guanidine groups is 1. The van der Waals surface area contributed by atoms with Crippen molar-refractivity contribution in [3.8, 4) is 0 Å². The Morgan fingerprint density at radius 3 is 2.43 bits per heavy atom. The highest BCUT2D eigenvalue weighted by atomic mass is 16.7. The molecule has 0 aromatic carbocycles. The Labute approximate surface area is 206 Å². The van der Waals surface area contributed by atoms with Gasteiger partial charge in [0.25, 0.3) is 5.96 Å². The summed E-state index contributed by atoms with van der Waals surface area (Å²) >= 11 is 0. The number of amides is 3. The lowest BCUT2D eigenvalue weighted by Gasteiger charge is -2.33. The number of nitro groups is 1. The molecule has 1 aliphatic heterocycles. The lowest BCUT2D eigenvalue weighted by atomic mass is 9.95. The molecule has 13 nitrogen and oxygen atoms in total. The van der Waals surface area contributed by atoms with E-state index in [4.69, 9.17) is 10.5 Å². The highest BCUT2D eigenvalue weighted by Crippen LogP contribution is 2.20. The molecule has 1 fully saturated rings. The van der Waals surface area contributed by atoms with Crippen LogP contribution in [0.1, 0.15) is 66.7 Å². The van der Waals surface area contributed by atoms with Crippen molar-refractivity contribution in [2.24, 2.45) is 22.6 Å². The van der Waals surface area contributed by atoms with Crippen molar-refractivity contribution in [3.63, 3.8) is 0 Å². The summed E-state index contributed by atoms with van der Waals surface area (Å²) in [4.78, 5) is 53.8. The molecule has 0 spiro atoms. The normalized spacial score (nSPS) is 16.7. The number of nitrogens with two attached hydrogens (primary N) is 1. The van der Waals surface area contributed by atoms with Crippen LogP contribution in [0.2, 0.25) is 0 Å². The minimum absolute atomic E-state index is 0.159. The second kappa shape index (κ2) is 14.3. The monoisotopic (exact) mass is 499 g/mol. The number of rotatable bonds is 11. The third-order valence-electron chi connectivity index (χ3n) is 5.61. The number of hydrogen-bond donors (Lipinski definition) is 4. The zero-order valence-electron chi connectivity index (χ0n) is 21.5. The van der Waals surface area contributed by atoms with Gasteiger partial charge in [-0.15, -0.1) is 0 Å². The molecule has 1 rings (SSSR count). The molecule has 0 aliphatic carbocycles. The van der Waals surface area contributed by atoms with Crippen molar-refractivity contribution >= 4 is 23.9 Å². The molecule has 2 atom stereocenters. The summed E-state index contributed by atoms with van der Waals surface area (Å²) in [6.07, 6.45) is 2.14. The fourth-order valence-corrected chi connectivity index (χ4v) is 3.38. The van der Waals surface area contributed by atoms with Crippen LogP contribution in [0, 0.1) is 22.0 Å². The minimum atomic E-state index is -0.807. The number of ether oxygens (including phenoxy) is 1. The van der Waals surface area contributed by atoms with E-state index in [0.717, 1.165) is 6.42 Å². The van der Waals surface area contributed by atoms with Crippen LogP contribution < -0.4 is 21.8 Å². The number of carbonyl (C=O) groups excluding carboxylic acids is 3. The summed E-state index contributed by atoms with van der Waals surface area (Å²) in [5.74, 6) is -0.879. The van der Waals surface area contributed by atoms with Gasteiger partial charge in [0.15, 0.2) is 5.03 Å². The van der Waals surface area contributed by atoms with Crippen LogP contribution in [0.15, 0.2) is 4.99 Å². The van der Waals surface area contributed by atoms with Gasteiger partial charge >= 0.3 is 6.09 Å². The smallest absolute Gasteiger partial charge is 0.410 e. The molecule has 0 aromatic rings. The topological polar surface area (TPSA) is 181 Å². The molecule has 1 saturated heterocycles. The summed E-state index contributed by atoms with van der Waals surface area (Å²) in [5, 5.41) is 15.3. The van der Waals surface area contributed by atoms with Crippen LogP contribution >= 0.6 is 0 Å². The third-order valence-corrected chi connectivity index (χ3v) is 5.61. The van der Waals surface area contributed by atoms with Gasteiger partial charge in [0.2, 0.25) is 11.8 Å². The molecule has 0 aromatic heterocycles. The molecular formula is C22H41N7O6. The Hall–Kier alpha value is -3.12. The predicted molar refractivity (Wildman–Crippen MR) is 131 cm³/mol. The Balaban J connectivity index is 2.67. The molecule has 1 unspecified atom stereocenters. The lowest BCUT2D eigenvalue weighted by molar-refractivity contribution is -0.525. The number of nitrogens with zero attached hydrogens (tertiary/aromatic N) is 3. The van der Waals surface area contributed by atoms with Gasteiger partial charge < -0.3 is 26.0 Å². The third kappa shape index (κ3) is 12.2. The zero-order chi connectivity index (χ0) is 26.6. The maximum Gasteiger partial charge on any atom is 0.410 e. The predicted octanol–water partition coefficient (Wildman–Crippen LogP) is 1.16. The Morgan fingerprint density at radius 1 is 1.26 bits per heavy atom. The molecule has 3 amide bonds. The molecule has 13 heteroatoms. The van der Waals surface area contributed by atoms with Crippen molar-refractivity contribution in [2.75, 3.05) is 26.2 Å². The van der Waals surface area contributed by atoms with Gasteiger partial charge in [0.1, 0.15) is 11.6 Å². The molecule has 5 N–H and O–H groups in total. The van der Waals surface area contributed by atoms with Gasteiger partial charge in [-0.1, -0.05) is 25.7 Å². The van der Waals surface area contributed by atoms with Crippen molar-refractivity contribution in [1.29, 1.82) is 0 Å². The fourth-order valence-electron chi connectivity index (χ4n) is 3.38. The number of hydrazine groups is 1. The first-order chi connectivity index (χ1) is 16.3. The number of likely N-dealkylation sites (tertiary alicyclic amines) is 1. The maximum absolute atomic E-state index is 12.9. The average molecular weight is 500 g/mol. The second-order valence-corrected chi connectivity index (χ2v) is 9.84. The number of nitrogens with one attached hydrogen (secondary N) is 3. The van der Waals surface area contributed by atoms with Gasteiger partial charge in [0.05, 0.1) is 0 Å². The van der Waals surface area contributed by atoms with Gasteiger partial charge in [0, 0.05) is 32.1 Å². The molecule has 0 bridgehead atoms. The first kappa shape index (κ1) is 29.9. The standard InChI is InChI=1S/C22H41N7O6/c1-6-15(2)14-25-19(31)17(8-7-11-24-20(23)27-29(33)34)26-18(30)16-9-12-28(13-10-16)21(32)35-22(3,4)5/h15-17H,6-14H2,1-5H3,(H,25,31)(H,26,30)(H3,23,24,27)/t15?,17-/m0/s1. The fraction of sp³-hybridized carbons (Fsp3) is 0.818. The van der Waals surface area contributed by atoms with Crippen LogP contribution in [0.3, 0.4) is 0 Å². The molecule has 1 heterocycles. The van der Waals surface area contributed by atoms with E-state index in [2.05, 4.69) is 15.6 Å². The van der Waals surface area contributed by atoms with Crippen molar-refractivity contribution < 1.29 is 24.2 Å². The summed E-state index contributed by atoms with van der Waals surface area (Å²) in [7, 11) is 0. The van der Waals surface area contributed by atoms with E-state index in [0.29, 0.717) is 51.2 Å². The molecule has 1 aliphatic rings. The highest BCUT2D eigenvalue weighted by Gasteiger charge is 2.31. The number of carbonyl (C=O) groups is 3. The SMILES string of the molecule is CCC(C)CNC(=O)[C@H](CCCN=C(N)N[N+](=O)[O-])NC(=O)C1CCN(C(=O)OC(C)(C)C)CC1. The van der Waals surface area contributed by atoms with Crippen molar-refractivity contribution in [2.45, 2.75) is 78.4 Å². The Bertz CT molecular complexity index is 760. The molecule has 200 valence electrons. The van der Waals surface area contributed by atoms with Crippen LogP contribution in [-0.2, 0) is 14.3 Å². The van der Waals surface area contributed by atoms with Crippen LogP contribution in [-0.4, -0.2) is 71.6 Å². The van der Waals surface area contributed by atoms with Crippen LogP contribution in [0.4, 0.5) is 4.79 Å². The van der Waals surface area contributed by atoms with Gasteiger partial charge in [-0.25, -0.2) is 19.9 Å². The van der Waals surface area contributed by atoms with Crippen molar-refractivity contribution in [3.05, 3.63) is 10.1 Å². The quantitative estimate of drug-likeness (QED) is 0.107. The van der Waals surface area contributed by atoms with Crippen LogP contribution in [0.5, 0.6) is 0 Å². The largest absolute Gasteiger partial charge is 0.444 e. The Morgan fingerprint density at radius 2 is 1.89 bits per heavy atom. The molecule has 0 saturated carbocycles. The van der Waals surface area contributed by atoms with E-state index in [9.17, 15) is 24.5 Å². The highest BCUT2D eigenvalue weighted by molar-refractivity contribution is 5.88. The van der Waals surface area contributed by atoms with E-state index < -0.39 is 22.8 Å². The maximum atomic E-state index is 12.9. The van der Waals surface area contributed by atoms with E-state index in [1.807, 2.05) is 13.8 Å². The van der Waals surface area contributed by atoms with E-state index in [1.165, 1.54) is 0 Å². The summed E-state index contributed by atoms with van der Waals surface area (Å²) in [5.41, 5.74) is 6.57. The second-order valence-electron chi connectivity index (χ2n) is 9.84. The number of hydrogen-bond acceptors (Lipinski definition) is 7. The summed E-state index contributed by atoms with van der Waals surface area (Å²) < 4.78 is 5.39. The Kier molecular flexibility index (Phi) is 12.2. The molecular weight excluding hydrogens is 458 g/mol. The number of aliphatic imine (C=N–C) groups is 1. The molecule has 35 heavy (non-hydrogen) atoms. The van der Waals surface area contributed by atoms with E-state index >= 15 is 0 Å². The van der Waals surface area contributed by atoms with E-state index in [1.54, 1.807) is 31.1 Å².